The molecule has 1 fully saturated rings. The molecule has 2 heterocycles. The third kappa shape index (κ3) is 4.60. The second-order valence-electron chi connectivity index (χ2n) is 6.17. The van der Waals surface area contributed by atoms with Crippen molar-refractivity contribution in [3.63, 3.8) is 0 Å². The molecule has 0 radical (unpaired) electrons. The van der Waals surface area contributed by atoms with E-state index in [-0.39, 0.29) is 12.1 Å². The van der Waals surface area contributed by atoms with Gasteiger partial charge in [-0.05, 0) is 43.9 Å². The van der Waals surface area contributed by atoms with Crippen LogP contribution >= 0.6 is 11.6 Å². The first kappa shape index (κ1) is 18.4. The van der Waals surface area contributed by atoms with Crippen molar-refractivity contribution in [1.82, 2.24) is 15.3 Å². The number of hydrogen-bond donors (Lipinski definition) is 2. The van der Waals surface area contributed by atoms with Crippen LogP contribution in [0.3, 0.4) is 0 Å². The summed E-state index contributed by atoms with van der Waals surface area (Å²) >= 11 is 6.20. The van der Waals surface area contributed by atoms with Gasteiger partial charge < -0.3 is 15.4 Å². The number of aromatic nitrogens is 2. The number of carbonyl (C=O) groups excluding carboxylic acids is 1. The normalized spacial score (nSPS) is 19.7. The molecule has 1 aliphatic carbocycles. The molecule has 0 bridgehead atoms. The number of halogens is 2. The monoisotopic (exact) mass is 378 g/mol. The van der Waals surface area contributed by atoms with Crippen LogP contribution in [0.15, 0.2) is 30.5 Å². The molecular weight excluding hydrogens is 359 g/mol. The Morgan fingerprint density at radius 3 is 2.77 bits per heavy atom. The van der Waals surface area contributed by atoms with Crippen molar-refractivity contribution in [2.75, 3.05) is 12.4 Å². The zero-order valence-corrected chi connectivity index (χ0v) is 15.1. The lowest BCUT2D eigenvalue weighted by Gasteiger charge is -2.29. The van der Waals surface area contributed by atoms with Gasteiger partial charge >= 0.3 is 6.09 Å². The first-order valence-electron chi connectivity index (χ1n) is 8.48. The Balaban J connectivity index is 1.64. The summed E-state index contributed by atoms with van der Waals surface area (Å²) in [6.45, 7) is 0. The zero-order chi connectivity index (χ0) is 18.5. The van der Waals surface area contributed by atoms with Crippen LogP contribution in [0.4, 0.5) is 15.0 Å². The van der Waals surface area contributed by atoms with E-state index in [9.17, 15) is 9.18 Å². The van der Waals surface area contributed by atoms with Gasteiger partial charge in [-0.25, -0.2) is 14.8 Å². The van der Waals surface area contributed by atoms with E-state index in [0.717, 1.165) is 25.7 Å². The minimum Gasteiger partial charge on any atom is -0.446 e. The lowest BCUT2D eigenvalue weighted by atomic mass is 9.93. The van der Waals surface area contributed by atoms with Gasteiger partial charge in [-0.15, -0.1) is 0 Å². The van der Waals surface area contributed by atoms with Crippen LogP contribution < -0.4 is 10.6 Å². The molecule has 1 saturated carbocycles. The Morgan fingerprint density at radius 2 is 2.08 bits per heavy atom. The molecule has 0 saturated heterocycles. The number of hydrogen-bond acceptors (Lipinski definition) is 5. The van der Waals surface area contributed by atoms with Gasteiger partial charge in [0.2, 0.25) is 5.95 Å². The van der Waals surface area contributed by atoms with Gasteiger partial charge in [-0.3, -0.25) is 0 Å². The molecule has 0 aromatic carbocycles. The van der Waals surface area contributed by atoms with Crippen LogP contribution in [0, 0.1) is 5.95 Å². The summed E-state index contributed by atoms with van der Waals surface area (Å²) in [4.78, 5) is 19.5. The van der Waals surface area contributed by atoms with Gasteiger partial charge in [0.25, 0.3) is 0 Å². The molecule has 2 aromatic rings. The fraction of sp³-hybridized carbons (Fsp3) is 0.389. The first-order chi connectivity index (χ1) is 12.5. The molecule has 6 nitrogen and oxygen atoms in total. The number of rotatable bonds is 4. The Bertz CT molecular complexity index is 782. The number of amides is 1. The van der Waals surface area contributed by atoms with Gasteiger partial charge in [-0.2, -0.15) is 4.39 Å². The number of anilines is 1. The van der Waals surface area contributed by atoms with E-state index in [1.807, 2.05) is 0 Å². The predicted molar refractivity (Wildman–Crippen MR) is 97.6 cm³/mol. The molecule has 3 rings (SSSR count). The van der Waals surface area contributed by atoms with Crippen LogP contribution in [0.5, 0.6) is 0 Å². The average molecular weight is 379 g/mol. The van der Waals surface area contributed by atoms with Crippen molar-refractivity contribution >= 4 is 23.5 Å². The second kappa shape index (κ2) is 8.31. The second-order valence-corrected chi connectivity index (χ2v) is 6.58. The molecular formula is C18H20ClFN4O2. The van der Waals surface area contributed by atoms with Crippen molar-refractivity contribution in [3.05, 3.63) is 41.4 Å². The lowest BCUT2D eigenvalue weighted by molar-refractivity contribution is 0.0747. The van der Waals surface area contributed by atoms with Crippen LogP contribution in [0.25, 0.3) is 11.3 Å². The van der Waals surface area contributed by atoms with Crippen molar-refractivity contribution in [2.24, 2.45) is 0 Å². The molecule has 138 valence electrons. The minimum atomic E-state index is -0.556. The summed E-state index contributed by atoms with van der Waals surface area (Å²) in [5, 5.41) is 6.25. The molecule has 1 aliphatic rings. The largest absolute Gasteiger partial charge is 0.446 e. The van der Waals surface area contributed by atoms with Crippen LogP contribution in [0.1, 0.15) is 25.7 Å². The summed E-state index contributed by atoms with van der Waals surface area (Å²) < 4.78 is 18.7. The lowest BCUT2D eigenvalue weighted by Crippen LogP contribution is -2.33. The quantitative estimate of drug-likeness (QED) is 0.786. The third-order valence-electron chi connectivity index (χ3n) is 4.35. The fourth-order valence-electron chi connectivity index (χ4n) is 3.02. The van der Waals surface area contributed by atoms with Crippen molar-refractivity contribution in [1.29, 1.82) is 0 Å². The van der Waals surface area contributed by atoms with Crippen molar-refractivity contribution in [2.45, 2.75) is 37.8 Å². The molecule has 1 amide bonds. The molecule has 0 spiro atoms. The summed E-state index contributed by atoms with van der Waals surface area (Å²) in [5.74, 6) is 0.102. The van der Waals surface area contributed by atoms with Gasteiger partial charge in [0.1, 0.15) is 11.9 Å². The molecule has 2 aromatic heterocycles. The highest BCUT2D eigenvalue weighted by atomic mass is 35.5. The highest BCUT2D eigenvalue weighted by molar-refractivity contribution is 6.33. The van der Waals surface area contributed by atoms with E-state index in [4.69, 9.17) is 16.3 Å². The average Bonchev–Trinajstić information content (AvgIpc) is 2.64. The number of carbonyl (C=O) groups is 1. The molecule has 2 N–H and O–H groups in total. The summed E-state index contributed by atoms with van der Waals surface area (Å²) in [6, 6.07) is 6.58. The number of pyridine rings is 2. The van der Waals surface area contributed by atoms with E-state index < -0.39 is 12.0 Å². The SMILES string of the molecule is CNC(=O)OC1CCC(Nc2cc(-c3cccc(F)n3)c(Cl)cn2)CC1. The topological polar surface area (TPSA) is 76.1 Å². The van der Waals surface area contributed by atoms with Crippen molar-refractivity contribution < 1.29 is 13.9 Å². The highest BCUT2D eigenvalue weighted by Gasteiger charge is 2.24. The van der Waals surface area contributed by atoms with Crippen LogP contribution in [-0.2, 0) is 4.74 Å². The minimum absolute atomic E-state index is 0.0572. The zero-order valence-electron chi connectivity index (χ0n) is 14.3. The van der Waals surface area contributed by atoms with Gasteiger partial charge in [0.05, 0.1) is 10.7 Å². The number of alkyl carbamates (subject to hydrolysis) is 1. The first-order valence-corrected chi connectivity index (χ1v) is 8.86. The van der Waals surface area contributed by atoms with E-state index in [1.54, 1.807) is 25.2 Å². The molecule has 0 atom stereocenters. The van der Waals surface area contributed by atoms with E-state index >= 15 is 0 Å². The summed E-state index contributed by atoms with van der Waals surface area (Å²) in [5.41, 5.74) is 1.09. The van der Waals surface area contributed by atoms with E-state index in [1.165, 1.54) is 12.3 Å². The van der Waals surface area contributed by atoms with E-state index in [2.05, 4.69) is 20.6 Å². The van der Waals surface area contributed by atoms with E-state index in [0.29, 0.717) is 22.1 Å². The highest BCUT2D eigenvalue weighted by Crippen LogP contribution is 2.29. The third-order valence-corrected chi connectivity index (χ3v) is 4.65. The van der Waals surface area contributed by atoms with Gasteiger partial charge in [-0.1, -0.05) is 17.7 Å². The maximum atomic E-state index is 13.4. The number of nitrogens with zero attached hydrogens (tertiary/aromatic N) is 2. The Hall–Kier alpha value is -2.41. The Labute approximate surface area is 156 Å². The molecule has 8 heteroatoms. The standard InChI is InChI=1S/C18H20ClFN4O2/c1-21-18(25)26-12-7-5-11(6-8-12)23-17-9-13(14(19)10-22-17)15-3-2-4-16(20)24-15/h2-4,9-12H,5-8H2,1H3,(H,21,25)(H,22,23). The van der Waals surface area contributed by atoms with Crippen molar-refractivity contribution in [3.8, 4) is 11.3 Å². The molecule has 0 aliphatic heterocycles. The predicted octanol–water partition coefficient (Wildman–Crippen LogP) is 4.02. The summed E-state index contributed by atoms with van der Waals surface area (Å²) in [6.07, 6.45) is 4.38. The molecule has 26 heavy (non-hydrogen) atoms. The smallest absolute Gasteiger partial charge is 0.407 e. The van der Waals surface area contributed by atoms with Gasteiger partial charge in [0, 0.05) is 24.8 Å². The Kier molecular flexibility index (Phi) is 5.88. The number of ether oxygens (including phenoxy) is 1. The van der Waals surface area contributed by atoms with Crippen LogP contribution in [-0.4, -0.2) is 35.3 Å². The number of nitrogens with one attached hydrogen (secondary N) is 2. The Morgan fingerprint density at radius 1 is 1.31 bits per heavy atom. The molecule has 0 unspecified atom stereocenters. The maximum absolute atomic E-state index is 13.4. The van der Waals surface area contributed by atoms with Crippen LogP contribution in [0.2, 0.25) is 5.02 Å². The summed E-state index contributed by atoms with van der Waals surface area (Å²) in [7, 11) is 1.55. The van der Waals surface area contributed by atoms with Gasteiger partial charge in [0.15, 0.2) is 0 Å². The maximum Gasteiger partial charge on any atom is 0.407 e. The fourth-order valence-corrected chi connectivity index (χ4v) is 3.22.